The second-order valence-corrected chi connectivity index (χ2v) is 7.83. The number of carbonyl (C=O) groups excluding carboxylic acids is 1. The van der Waals surface area contributed by atoms with Crippen LogP contribution in [0.5, 0.6) is 0 Å². The standard InChI is InChI=1S/C21H22ClFN2O2/c1-12(2)27-21(26)25-10-9-14-16-11-13(22)7-8-18(16)24-19(14)20(25)15-5-3-4-6-17(15)23/h3-8,11-12,14,19-20,24H,9-10H2,1-2H3. The molecule has 4 nitrogen and oxygen atoms in total. The zero-order valence-electron chi connectivity index (χ0n) is 15.3. The van der Waals surface area contributed by atoms with Crippen molar-refractivity contribution in [3.63, 3.8) is 0 Å². The molecule has 3 unspecified atom stereocenters. The van der Waals surface area contributed by atoms with Crippen molar-refractivity contribution < 1.29 is 13.9 Å². The van der Waals surface area contributed by atoms with Gasteiger partial charge in [-0.05, 0) is 50.1 Å². The Balaban J connectivity index is 1.75. The summed E-state index contributed by atoms with van der Waals surface area (Å²) >= 11 is 6.20. The Morgan fingerprint density at radius 3 is 2.78 bits per heavy atom. The quantitative estimate of drug-likeness (QED) is 0.754. The lowest BCUT2D eigenvalue weighted by atomic mass is 9.81. The van der Waals surface area contributed by atoms with Gasteiger partial charge in [-0.15, -0.1) is 0 Å². The third-order valence-corrected chi connectivity index (χ3v) is 5.56. The van der Waals surface area contributed by atoms with E-state index in [0.717, 1.165) is 17.7 Å². The van der Waals surface area contributed by atoms with Crippen LogP contribution in [-0.2, 0) is 4.74 Å². The molecule has 2 aliphatic heterocycles. The van der Waals surface area contributed by atoms with Crippen molar-refractivity contribution >= 4 is 23.4 Å². The number of carbonyl (C=O) groups is 1. The molecule has 2 heterocycles. The molecule has 0 bridgehead atoms. The predicted octanol–water partition coefficient (Wildman–Crippen LogP) is 5.35. The molecule has 1 saturated heterocycles. The van der Waals surface area contributed by atoms with Gasteiger partial charge in [0.05, 0.1) is 18.2 Å². The Morgan fingerprint density at radius 2 is 2.04 bits per heavy atom. The van der Waals surface area contributed by atoms with Gasteiger partial charge in [-0.2, -0.15) is 0 Å². The van der Waals surface area contributed by atoms with Crippen LogP contribution in [0.15, 0.2) is 42.5 Å². The van der Waals surface area contributed by atoms with Gasteiger partial charge in [0.25, 0.3) is 0 Å². The number of ether oxygens (including phenoxy) is 1. The zero-order chi connectivity index (χ0) is 19.1. The number of piperidine rings is 1. The maximum absolute atomic E-state index is 14.7. The molecule has 0 aliphatic carbocycles. The largest absolute Gasteiger partial charge is 0.447 e. The van der Waals surface area contributed by atoms with Crippen LogP contribution in [0.2, 0.25) is 5.02 Å². The van der Waals surface area contributed by atoms with E-state index >= 15 is 0 Å². The van der Waals surface area contributed by atoms with Gasteiger partial charge in [0.2, 0.25) is 0 Å². The normalized spacial score (nSPS) is 23.6. The first-order valence-electron chi connectivity index (χ1n) is 9.23. The van der Waals surface area contributed by atoms with Crippen molar-refractivity contribution in [2.45, 2.75) is 44.4 Å². The minimum atomic E-state index is -0.456. The van der Waals surface area contributed by atoms with Gasteiger partial charge in [-0.3, -0.25) is 4.90 Å². The minimum Gasteiger partial charge on any atom is -0.447 e. The number of nitrogens with one attached hydrogen (secondary N) is 1. The first kappa shape index (κ1) is 18.1. The van der Waals surface area contributed by atoms with Crippen LogP contribution in [0.1, 0.15) is 43.4 Å². The van der Waals surface area contributed by atoms with E-state index in [-0.39, 0.29) is 23.9 Å². The summed E-state index contributed by atoms with van der Waals surface area (Å²) in [7, 11) is 0. The van der Waals surface area contributed by atoms with Crippen LogP contribution in [0.4, 0.5) is 14.9 Å². The van der Waals surface area contributed by atoms with Crippen LogP contribution in [0, 0.1) is 5.82 Å². The summed E-state index contributed by atoms with van der Waals surface area (Å²) in [6.07, 6.45) is 0.125. The average Bonchev–Trinajstić information content (AvgIpc) is 2.99. The van der Waals surface area contributed by atoms with Crippen LogP contribution < -0.4 is 5.32 Å². The zero-order valence-corrected chi connectivity index (χ0v) is 16.0. The molecule has 2 aliphatic rings. The van der Waals surface area contributed by atoms with Crippen molar-refractivity contribution in [3.8, 4) is 0 Å². The van der Waals surface area contributed by atoms with E-state index in [1.54, 1.807) is 23.1 Å². The summed E-state index contributed by atoms with van der Waals surface area (Å²) in [5.74, 6) is -0.160. The van der Waals surface area contributed by atoms with E-state index in [4.69, 9.17) is 16.3 Å². The third-order valence-electron chi connectivity index (χ3n) is 5.32. The van der Waals surface area contributed by atoms with Gasteiger partial charge in [-0.25, -0.2) is 9.18 Å². The molecule has 2 aromatic carbocycles. The number of halogens is 2. The molecule has 2 aromatic rings. The highest BCUT2D eigenvalue weighted by Crippen LogP contribution is 2.49. The molecule has 142 valence electrons. The summed E-state index contributed by atoms with van der Waals surface area (Å²) in [6.45, 7) is 4.13. The maximum atomic E-state index is 14.7. The molecule has 0 aromatic heterocycles. The highest BCUT2D eigenvalue weighted by atomic mass is 35.5. The third kappa shape index (κ3) is 3.25. The number of hydrogen-bond acceptors (Lipinski definition) is 3. The highest BCUT2D eigenvalue weighted by Gasteiger charge is 2.47. The number of hydrogen-bond donors (Lipinski definition) is 1. The fourth-order valence-electron chi connectivity index (χ4n) is 4.24. The second kappa shape index (κ2) is 7.04. The number of nitrogens with zero attached hydrogens (tertiary/aromatic N) is 1. The highest BCUT2D eigenvalue weighted by molar-refractivity contribution is 6.30. The summed E-state index contributed by atoms with van der Waals surface area (Å²) in [4.78, 5) is 14.4. The van der Waals surface area contributed by atoms with E-state index in [1.807, 2.05) is 32.0 Å². The van der Waals surface area contributed by atoms with Crippen molar-refractivity contribution in [1.82, 2.24) is 4.90 Å². The van der Waals surface area contributed by atoms with Gasteiger partial charge in [-0.1, -0.05) is 29.8 Å². The summed E-state index contributed by atoms with van der Waals surface area (Å²) in [6, 6.07) is 11.8. The SMILES string of the molecule is CC(C)OC(=O)N1CCC2c3cc(Cl)ccc3NC2C1c1ccccc1F. The lowest BCUT2D eigenvalue weighted by Gasteiger charge is -2.43. The van der Waals surface area contributed by atoms with Gasteiger partial charge in [0.1, 0.15) is 5.82 Å². The summed E-state index contributed by atoms with van der Waals surface area (Å²) in [5, 5.41) is 4.18. The molecule has 4 rings (SSSR count). The Kier molecular flexibility index (Phi) is 4.72. The van der Waals surface area contributed by atoms with Gasteiger partial charge in [0, 0.05) is 28.7 Å². The predicted molar refractivity (Wildman–Crippen MR) is 104 cm³/mol. The van der Waals surface area contributed by atoms with Gasteiger partial charge >= 0.3 is 6.09 Å². The van der Waals surface area contributed by atoms with Crippen molar-refractivity contribution in [2.75, 3.05) is 11.9 Å². The minimum absolute atomic E-state index is 0.135. The van der Waals surface area contributed by atoms with E-state index in [1.165, 1.54) is 6.07 Å². The number of rotatable bonds is 2. The topological polar surface area (TPSA) is 41.6 Å². The molecule has 1 amide bonds. The maximum Gasteiger partial charge on any atom is 0.410 e. The fraction of sp³-hybridized carbons (Fsp3) is 0.381. The first-order valence-corrected chi connectivity index (χ1v) is 9.61. The monoisotopic (exact) mass is 388 g/mol. The van der Waals surface area contributed by atoms with Crippen molar-refractivity contribution in [1.29, 1.82) is 0 Å². The Morgan fingerprint density at radius 1 is 1.26 bits per heavy atom. The van der Waals surface area contributed by atoms with E-state index < -0.39 is 12.1 Å². The Hall–Kier alpha value is -2.27. The van der Waals surface area contributed by atoms with Crippen LogP contribution in [0.25, 0.3) is 0 Å². The van der Waals surface area contributed by atoms with E-state index in [2.05, 4.69) is 5.32 Å². The second-order valence-electron chi connectivity index (χ2n) is 7.39. The molecule has 0 spiro atoms. The molecule has 3 atom stereocenters. The van der Waals surface area contributed by atoms with Crippen LogP contribution >= 0.6 is 11.6 Å². The number of fused-ring (bicyclic) bond motifs is 3. The number of anilines is 1. The Bertz CT molecular complexity index is 873. The molecule has 0 radical (unpaired) electrons. The van der Waals surface area contributed by atoms with Crippen molar-refractivity contribution in [2.24, 2.45) is 0 Å². The van der Waals surface area contributed by atoms with Crippen LogP contribution in [-0.4, -0.2) is 29.7 Å². The first-order chi connectivity index (χ1) is 13.0. The fourth-order valence-corrected chi connectivity index (χ4v) is 4.42. The van der Waals surface area contributed by atoms with Gasteiger partial charge in [0.15, 0.2) is 0 Å². The smallest absolute Gasteiger partial charge is 0.410 e. The van der Waals surface area contributed by atoms with Crippen LogP contribution in [0.3, 0.4) is 0 Å². The summed E-state index contributed by atoms with van der Waals surface area (Å²) < 4.78 is 20.1. The molecular formula is C21H22ClFN2O2. The molecule has 6 heteroatoms. The molecule has 1 N–H and O–H groups in total. The lowest BCUT2D eigenvalue weighted by molar-refractivity contribution is 0.0461. The van der Waals surface area contributed by atoms with E-state index in [0.29, 0.717) is 17.1 Å². The molecule has 27 heavy (non-hydrogen) atoms. The Labute approximate surface area is 163 Å². The average molecular weight is 389 g/mol. The molecule has 1 fully saturated rings. The molecular weight excluding hydrogens is 367 g/mol. The number of amides is 1. The lowest BCUT2D eigenvalue weighted by Crippen LogP contribution is -2.50. The number of likely N-dealkylation sites (tertiary alicyclic amines) is 1. The number of benzene rings is 2. The molecule has 0 saturated carbocycles. The summed E-state index contributed by atoms with van der Waals surface area (Å²) in [5.41, 5.74) is 2.62. The van der Waals surface area contributed by atoms with E-state index in [9.17, 15) is 9.18 Å². The van der Waals surface area contributed by atoms with Gasteiger partial charge < -0.3 is 10.1 Å². The van der Waals surface area contributed by atoms with Crippen molar-refractivity contribution in [3.05, 3.63) is 64.4 Å².